The minimum absolute atomic E-state index is 0.939. The first kappa shape index (κ1) is 34.2. The molecule has 45 heavy (non-hydrogen) atoms. The summed E-state index contributed by atoms with van der Waals surface area (Å²) in [6, 6.07) is 18.7. The van der Waals surface area contributed by atoms with Gasteiger partial charge in [0.1, 0.15) is 0 Å². The van der Waals surface area contributed by atoms with Crippen molar-refractivity contribution in [3.05, 3.63) is 82.4 Å². The van der Waals surface area contributed by atoms with Crippen LogP contribution in [0.15, 0.2) is 59.7 Å². The number of rotatable bonds is 9. The van der Waals surface area contributed by atoms with Crippen molar-refractivity contribution in [1.82, 2.24) is 19.9 Å². The van der Waals surface area contributed by atoms with Crippen LogP contribution in [-0.4, -0.2) is 19.9 Å². The van der Waals surface area contributed by atoms with Crippen LogP contribution in [0.4, 0.5) is 0 Å². The number of H-pyrrole nitrogens is 2. The van der Waals surface area contributed by atoms with E-state index in [1.54, 1.807) is 0 Å². The monoisotopic (exact) mass is 652 g/mol. The fourth-order valence-corrected chi connectivity index (χ4v) is 25.0. The Balaban J connectivity index is 0.000000208. The summed E-state index contributed by atoms with van der Waals surface area (Å²) in [5.74, 6) is 0. The molecule has 8 bridgehead atoms. The predicted octanol–water partition coefficient (Wildman–Crippen LogP) is 13.0. The molecule has 0 aliphatic carbocycles. The Hall–Kier alpha value is -3.68. The molecule has 5 nitrogen and oxygen atoms in total. The Bertz CT molecular complexity index is 1720. The zero-order valence-electron chi connectivity index (χ0n) is 28.9. The van der Waals surface area contributed by atoms with E-state index >= 15 is 0 Å². The van der Waals surface area contributed by atoms with Gasteiger partial charge in [-0.2, -0.15) is 0 Å². The molecule has 0 saturated carbocycles. The van der Waals surface area contributed by atoms with Crippen molar-refractivity contribution < 1.29 is 7.25 Å². The van der Waals surface area contributed by atoms with E-state index in [1.807, 2.05) is 54.6 Å². The minimum atomic E-state index is -4.20. The molecule has 2 aliphatic rings. The molecule has 0 fully saturated rings. The van der Waals surface area contributed by atoms with Crippen LogP contribution in [-0.2, 0) is 7.25 Å². The Morgan fingerprint density at radius 1 is 0.533 bits per heavy atom. The van der Waals surface area contributed by atoms with E-state index in [0.29, 0.717) is 0 Å². The summed E-state index contributed by atoms with van der Waals surface area (Å²) in [5.41, 5.74) is 7.86. The van der Waals surface area contributed by atoms with E-state index in [2.05, 4.69) is 111 Å². The second-order valence-corrected chi connectivity index (χ2v) is 36.5. The summed E-state index contributed by atoms with van der Waals surface area (Å²) < 4.78 is 0. The summed E-state index contributed by atoms with van der Waals surface area (Å²) in [5, 5.41) is 21.4. The number of hydrogen-bond acceptors (Lipinski definition) is 3. The van der Waals surface area contributed by atoms with Gasteiger partial charge in [0.15, 0.2) is 0 Å². The van der Waals surface area contributed by atoms with E-state index in [9.17, 15) is 5.26 Å². The topological polar surface area (TPSA) is 81.2 Å². The van der Waals surface area contributed by atoms with E-state index in [-0.39, 0.29) is 0 Å². The van der Waals surface area contributed by atoms with Crippen LogP contribution in [0.3, 0.4) is 0 Å². The van der Waals surface area contributed by atoms with Gasteiger partial charge < -0.3 is 9.97 Å². The fourth-order valence-electron chi connectivity index (χ4n) is 8.29. The number of nitriles is 1. The molecule has 0 atom stereocenters. The van der Waals surface area contributed by atoms with Gasteiger partial charge >= 0.3 is 128 Å². The zero-order chi connectivity index (χ0) is 33.0. The summed E-state index contributed by atoms with van der Waals surface area (Å²) in [4.78, 5) is 16.0. The molecule has 247 valence electrons. The number of nitrogens with one attached hydrogen (secondary N) is 2. The Morgan fingerprint density at radius 2 is 0.800 bits per heavy atom. The Morgan fingerprint density at radius 3 is 1.02 bits per heavy atom. The quantitative estimate of drug-likeness (QED) is 0.123. The van der Waals surface area contributed by atoms with Crippen molar-refractivity contribution in [3.63, 3.8) is 0 Å². The van der Waals surface area contributed by atoms with Crippen LogP contribution in [0.5, 0.6) is 0 Å². The van der Waals surface area contributed by atoms with Gasteiger partial charge in [-0.15, -0.1) is 0 Å². The first-order chi connectivity index (χ1) is 21.3. The second kappa shape index (κ2) is 8.98. The molecule has 0 aromatic carbocycles. The fraction of sp³-hybridized carbons (Fsp3) is 0.410. The molecule has 0 unspecified atom stereocenters. The van der Waals surface area contributed by atoms with E-state index in [0.717, 1.165) is 44.8 Å². The molecular weight excluding hydrogens is 597 g/mol. The molecule has 0 spiro atoms. The first-order valence-corrected chi connectivity index (χ1v) is 22.5. The molecule has 2 N–H and O–H groups in total. The number of aromatic amines is 2. The third-order valence-electron chi connectivity index (χ3n) is 14.7. The average molecular weight is 654 g/mol. The maximum absolute atomic E-state index is 9.45. The van der Waals surface area contributed by atoms with Gasteiger partial charge in [0.05, 0.1) is 22.8 Å². The number of fused-ring (bicyclic) bond motifs is 8. The van der Waals surface area contributed by atoms with Crippen LogP contribution < -0.4 is 0 Å². The van der Waals surface area contributed by atoms with Gasteiger partial charge in [-0.3, -0.25) is 0 Å². The Kier molecular flexibility index (Phi) is 6.83. The van der Waals surface area contributed by atoms with Crippen LogP contribution in [0.1, 0.15) is 78.2 Å². The third-order valence-corrected chi connectivity index (χ3v) is 47.6. The van der Waals surface area contributed by atoms with Crippen molar-refractivity contribution >= 4 is 46.4 Å². The standard InChI is InChI=1S/C20H14N4.C3H2N.8C2H5.Ni/c1-2-14-10-16-5-6-18(23-16)12-20-8-7-19(24-20)11-17-4-3-15(22-17)9-13(1)21-14;1-2-3-4;8*1-2;/h1-12,21,24H;1-2H;8*1H2,2H3;. The SMILES string of the molecule is C1=Cc2cc3ccc(cc4nc(cc5ccc(cc1n2)[nH]5)C=C4)[nH]3.C[CH2][Ni]([CH]=CC#N)([CH2]C)([CH2]C)([CH2]C)([CH2]C)([CH2]C)([CH2]C)[CH2]C. The average Bonchev–Trinajstić information content (AvgIpc) is 3.93. The van der Waals surface area contributed by atoms with Crippen molar-refractivity contribution in [2.24, 2.45) is 0 Å². The molecule has 0 radical (unpaired) electrons. The Labute approximate surface area is 265 Å². The van der Waals surface area contributed by atoms with Crippen molar-refractivity contribution in [1.29, 1.82) is 5.26 Å². The van der Waals surface area contributed by atoms with Crippen LogP contribution in [0, 0.1) is 11.3 Å². The zero-order valence-corrected chi connectivity index (χ0v) is 29.9. The molecule has 0 saturated heterocycles. The molecular formula is C39H56N5Ni. The molecule has 2 aliphatic heterocycles. The van der Waals surface area contributed by atoms with Crippen molar-refractivity contribution in [2.75, 3.05) is 0 Å². The summed E-state index contributed by atoms with van der Waals surface area (Å²) in [7, 11) is -4.20. The number of nitrogens with zero attached hydrogens (tertiary/aromatic N) is 3. The van der Waals surface area contributed by atoms with E-state index in [1.165, 1.54) is 43.1 Å². The van der Waals surface area contributed by atoms with Crippen LogP contribution in [0.25, 0.3) is 46.4 Å². The number of hydrogen-bond donors (Lipinski definition) is 2. The molecule has 3 aromatic heterocycles. The van der Waals surface area contributed by atoms with Gasteiger partial charge in [0.25, 0.3) is 0 Å². The molecule has 5 heterocycles. The number of allylic oxidation sites excluding steroid dienone is 1. The summed E-state index contributed by atoms with van der Waals surface area (Å²) in [6.07, 6.45) is 9.95. The normalized spacial score (nSPS) is 17.4. The molecule has 3 aromatic rings. The van der Waals surface area contributed by atoms with Crippen LogP contribution in [0.2, 0.25) is 43.1 Å². The van der Waals surface area contributed by atoms with Gasteiger partial charge in [0.2, 0.25) is 0 Å². The molecule has 5 rings (SSSR count). The summed E-state index contributed by atoms with van der Waals surface area (Å²) in [6.45, 7) is 19.4. The maximum atomic E-state index is 9.45. The first-order valence-electron chi connectivity index (χ1n) is 16.3. The second-order valence-electron chi connectivity index (χ2n) is 13.6. The van der Waals surface area contributed by atoms with E-state index in [4.69, 9.17) is 0 Å². The van der Waals surface area contributed by atoms with Gasteiger partial charge in [-0.25, -0.2) is 9.97 Å². The van der Waals surface area contributed by atoms with Crippen molar-refractivity contribution in [3.8, 4) is 6.07 Å². The molecule has 0 amide bonds. The molecule has 6 heteroatoms. The van der Waals surface area contributed by atoms with Gasteiger partial charge in [-0.05, 0) is 72.8 Å². The van der Waals surface area contributed by atoms with E-state index < -0.39 is 7.25 Å². The third kappa shape index (κ3) is 3.96. The predicted molar refractivity (Wildman–Crippen MR) is 197 cm³/mol. The van der Waals surface area contributed by atoms with Crippen molar-refractivity contribution in [2.45, 2.75) is 98.5 Å². The summed E-state index contributed by atoms with van der Waals surface area (Å²) >= 11 is 0. The van der Waals surface area contributed by atoms with Gasteiger partial charge in [-0.1, -0.05) is 0 Å². The number of aromatic nitrogens is 4. The van der Waals surface area contributed by atoms with Gasteiger partial charge in [0, 0.05) is 22.1 Å². The van der Waals surface area contributed by atoms with Crippen LogP contribution >= 0.6 is 0 Å².